The summed E-state index contributed by atoms with van der Waals surface area (Å²) in [5, 5.41) is 0.152. The summed E-state index contributed by atoms with van der Waals surface area (Å²) in [7, 11) is 0. The Labute approximate surface area is 86.8 Å². The molecule has 0 atom stereocenters. The lowest BCUT2D eigenvalue weighted by Crippen LogP contribution is -2.14. The first-order chi connectivity index (χ1) is 5.97. The molecule has 0 aliphatic rings. The number of hydrogen-bond acceptors (Lipinski definition) is 1. The van der Waals surface area contributed by atoms with E-state index in [-0.39, 0.29) is 5.02 Å². The second kappa shape index (κ2) is 3.72. The quantitative estimate of drug-likeness (QED) is 0.752. The van der Waals surface area contributed by atoms with E-state index in [1.807, 2.05) is 0 Å². The van der Waals surface area contributed by atoms with Crippen LogP contribution in [0.2, 0.25) is 5.02 Å². The Bertz CT molecular complexity index is 341. The fraction of sp³-hybridized carbons (Fsp3) is 0.125. The van der Waals surface area contributed by atoms with Crippen LogP contribution in [-0.4, -0.2) is 6.29 Å². The minimum atomic E-state index is -3.47. The summed E-state index contributed by atoms with van der Waals surface area (Å²) in [6.07, 6.45) is -0.410. The van der Waals surface area contributed by atoms with Gasteiger partial charge < -0.3 is 0 Å². The highest BCUT2D eigenvalue weighted by molar-refractivity contribution is 9.10. The van der Waals surface area contributed by atoms with Gasteiger partial charge in [0.25, 0.3) is 0 Å². The van der Waals surface area contributed by atoms with Gasteiger partial charge in [0, 0.05) is 10.0 Å². The predicted molar refractivity (Wildman–Crippen MR) is 49.1 cm³/mol. The van der Waals surface area contributed by atoms with Gasteiger partial charge in [-0.2, -0.15) is 8.78 Å². The molecule has 0 saturated carbocycles. The normalized spacial score (nSPS) is 11.4. The Morgan fingerprint density at radius 3 is 2.54 bits per heavy atom. The lowest BCUT2D eigenvalue weighted by molar-refractivity contribution is -0.130. The van der Waals surface area contributed by atoms with Gasteiger partial charge in [0.05, 0.1) is 5.02 Å². The zero-order valence-corrected chi connectivity index (χ0v) is 8.57. The van der Waals surface area contributed by atoms with Crippen molar-refractivity contribution in [1.29, 1.82) is 0 Å². The molecule has 0 fully saturated rings. The molecule has 13 heavy (non-hydrogen) atoms. The number of alkyl halides is 2. The highest BCUT2D eigenvalue weighted by Gasteiger charge is 2.30. The molecule has 0 heterocycles. The summed E-state index contributed by atoms with van der Waals surface area (Å²) in [5.41, 5.74) is -0.407. The Balaban J connectivity index is 3.18. The fourth-order valence-corrected chi connectivity index (χ4v) is 1.20. The standard InChI is InChI=1S/C8H4BrClF2O/c9-6-2-1-5(3-7(6)10)8(11,12)4-13/h1-4H. The maximum Gasteiger partial charge on any atom is 0.327 e. The molecule has 5 heteroatoms. The largest absolute Gasteiger partial charge is 0.327 e. The van der Waals surface area contributed by atoms with Crippen LogP contribution in [0.1, 0.15) is 5.56 Å². The summed E-state index contributed by atoms with van der Waals surface area (Å²) in [6, 6.07) is 3.57. The third-order valence-electron chi connectivity index (χ3n) is 1.45. The number of carbonyl (C=O) groups is 1. The molecule has 0 aliphatic heterocycles. The molecule has 0 amide bonds. The Morgan fingerprint density at radius 2 is 2.08 bits per heavy atom. The van der Waals surface area contributed by atoms with Gasteiger partial charge in [0.15, 0.2) is 6.29 Å². The lowest BCUT2D eigenvalue weighted by Gasteiger charge is -2.09. The monoisotopic (exact) mass is 268 g/mol. The summed E-state index contributed by atoms with van der Waals surface area (Å²) in [4.78, 5) is 10.0. The van der Waals surface area contributed by atoms with E-state index in [0.717, 1.165) is 12.1 Å². The number of rotatable bonds is 2. The summed E-state index contributed by atoms with van der Waals surface area (Å²) in [5.74, 6) is -3.47. The van der Waals surface area contributed by atoms with Gasteiger partial charge in [-0.05, 0) is 28.1 Å². The van der Waals surface area contributed by atoms with Crippen molar-refractivity contribution in [3.05, 3.63) is 33.3 Å². The van der Waals surface area contributed by atoms with E-state index in [2.05, 4.69) is 15.9 Å². The van der Waals surface area contributed by atoms with Crippen LogP contribution < -0.4 is 0 Å². The molecule has 0 unspecified atom stereocenters. The molecule has 0 bridgehead atoms. The van der Waals surface area contributed by atoms with Crippen LogP contribution in [0.4, 0.5) is 8.78 Å². The molecule has 0 N–H and O–H groups in total. The molecule has 70 valence electrons. The first kappa shape index (κ1) is 10.6. The van der Waals surface area contributed by atoms with Crippen LogP contribution in [0, 0.1) is 0 Å². The van der Waals surface area contributed by atoms with Crippen molar-refractivity contribution in [3.63, 3.8) is 0 Å². The molecule has 1 aromatic carbocycles. The Morgan fingerprint density at radius 1 is 1.46 bits per heavy atom. The molecular weight excluding hydrogens is 265 g/mol. The molecule has 0 aromatic heterocycles. The van der Waals surface area contributed by atoms with E-state index < -0.39 is 17.8 Å². The third-order valence-corrected chi connectivity index (χ3v) is 2.68. The summed E-state index contributed by atoms with van der Waals surface area (Å²) in [6.45, 7) is 0. The van der Waals surface area contributed by atoms with Crippen molar-refractivity contribution < 1.29 is 13.6 Å². The molecule has 0 spiro atoms. The maximum absolute atomic E-state index is 12.8. The van der Waals surface area contributed by atoms with Gasteiger partial charge >= 0.3 is 5.92 Å². The number of hydrogen-bond donors (Lipinski definition) is 0. The van der Waals surface area contributed by atoms with E-state index in [4.69, 9.17) is 11.6 Å². The van der Waals surface area contributed by atoms with E-state index >= 15 is 0 Å². The van der Waals surface area contributed by atoms with Crippen molar-refractivity contribution in [2.75, 3.05) is 0 Å². The predicted octanol–water partition coefficient (Wildman–Crippen LogP) is 3.39. The van der Waals surface area contributed by atoms with Gasteiger partial charge in [0.2, 0.25) is 0 Å². The average molecular weight is 269 g/mol. The first-order valence-electron chi connectivity index (χ1n) is 3.27. The minimum Gasteiger partial charge on any atom is -0.296 e. The highest BCUT2D eigenvalue weighted by atomic mass is 79.9. The van der Waals surface area contributed by atoms with Crippen LogP contribution in [0.25, 0.3) is 0 Å². The van der Waals surface area contributed by atoms with E-state index in [1.54, 1.807) is 0 Å². The van der Waals surface area contributed by atoms with Crippen molar-refractivity contribution in [2.24, 2.45) is 0 Å². The number of aldehydes is 1. The zero-order chi connectivity index (χ0) is 10.1. The zero-order valence-electron chi connectivity index (χ0n) is 6.23. The smallest absolute Gasteiger partial charge is 0.296 e. The summed E-state index contributed by atoms with van der Waals surface area (Å²) < 4.78 is 26.0. The van der Waals surface area contributed by atoms with Gasteiger partial charge in [-0.15, -0.1) is 0 Å². The van der Waals surface area contributed by atoms with Crippen LogP contribution >= 0.6 is 27.5 Å². The fourth-order valence-electron chi connectivity index (χ4n) is 0.772. The van der Waals surface area contributed by atoms with E-state index in [1.165, 1.54) is 6.07 Å². The molecule has 1 nitrogen and oxygen atoms in total. The number of benzene rings is 1. The molecule has 0 saturated heterocycles. The Hall–Kier alpha value is -0.480. The van der Waals surface area contributed by atoms with Crippen LogP contribution in [0.3, 0.4) is 0 Å². The van der Waals surface area contributed by atoms with Crippen LogP contribution in [0.5, 0.6) is 0 Å². The average Bonchev–Trinajstić information content (AvgIpc) is 2.09. The SMILES string of the molecule is O=CC(F)(F)c1ccc(Br)c(Cl)c1. The van der Waals surface area contributed by atoms with Crippen molar-refractivity contribution in [2.45, 2.75) is 5.92 Å². The van der Waals surface area contributed by atoms with E-state index in [9.17, 15) is 13.6 Å². The molecular formula is C8H4BrClF2O. The maximum atomic E-state index is 12.8. The molecule has 1 aromatic rings. The minimum absolute atomic E-state index is 0.152. The van der Waals surface area contributed by atoms with Crippen molar-refractivity contribution in [3.8, 4) is 0 Å². The van der Waals surface area contributed by atoms with Gasteiger partial charge in [-0.3, -0.25) is 4.79 Å². The lowest BCUT2D eigenvalue weighted by atomic mass is 10.1. The number of carbonyl (C=O) groups excluding carboxylic acids is 1. The van der Waals surface area contributed by atoms with Gasteiger partial charge in [-0.1, -0.05) is 17.7 Å². The second-order valence-electron chi connectivity index (χ2n) is 2.37. The molecule has 0 aliphatic carbocycles. The highest BCUT2D eigenvalue weighted by Crippen LogP contribution is 2.31. The topological polar surface area (TPSA) is 17.1 Å². The van der Waals surface area contributed by atoms with Gasteiger partial charge in [0.1, 0.15) is 0 Å². The van der Waals surface area contributed by atoms with Crippen molar-refractivity contribution in [1.82, 2.24) is 0 Å². The summed E-state index contributed by atoms with van der Waals surface area (Å²) >= 11 is 8.63. The van der Waals surface area contributed by atoms with Crippen molar-refractivity contribution >= 4 is 33.8 Å². The Kier molecular flexibility index (Phi) is 3.03. The van der Waals surface area contributed by atoms with Crippen LogP contribution in [-0.2, 0) is 10.7 Å². The number of halogens is 4. The van der Waals surface area contributed by atoms with Crippen LogP contribution in [0.15, 0.2) is 22.7 Å². The first-order valence-corrected chi connectivity index (χ1v) is 4.44. The van der Waals surface area contributed by atoms with Gasteiger partial charge in [-0.25, -0.2) is 0 Å². The van der Waals surface area contributed by atoms with E-state index in [0.29, 0.717) is 4.47 Å². The third kappa shape index (κ3) is 2.25. The molecule has 1 rings (SSSR count). The molecule has 0 radical (unpaired) electrons. The second-order valence-corrected chi connectivity index (χ2v) is 3.63.